The molecule has 0 N–H and O–H groups in total. The molecule has 0 radical (unpaired) electrons. The first-order valence-electron chi connectivity index (χ1n) is 43.3. The van der Waals surface area contributed by atoms with Crippen LogP contribution in [-0.2, 0) is 16.2 Å². The smallest absolute Gasteiger partial charge is 0.252 e. The van der Waals surface area contributed by atoms with Crippen LogP contribution in [0, 0.1) is 0 Å². The molecule has 16 aromatic carbocycles. The van der Waals surface area contributed by atoms with Crippen molar-refractivity contribution in [1.82, 2.24) is 13.5 Å². The minimum absolute atomic E-state index is 0.0623. The Kier molecular flexibility index (Phi) is 13.3. The topological polar surface area (TPSA) is 20.8 Å². The minimum atomic E-state index is -0.555. The molecule has 5 nitrogen and oxygen atoms in total. The van der Waals surface area contributed by atoms with E-state index in [9.17, 15) is 9.60 Å². The first kappa shape index (κ1) is 60.3. The summed E-state index contributed by atoms with van der Waals surface area (Å²) in [4.78, 5) is 5.29. The number of benzene rings is 16. The molecule has 20 aromatic rings. The zero-order chi connectivity index (χ0) is 82.9. The van der Waals surface area contributed by atoms with Crippen LogP contribution in [0.1, 0.15) is 88.6 Å². The molecule has 2 aliphatic heterocycles. The maximum absolute atomic E-state index is 11.1. The monoisotopic (exact) mass is 1470 g/mol. The Labute approximate surface area is 675 Å². The number of hydrogen-bond acceptors (Lipinski definition) is 2. The predicted molar refractivity (Wildman–Crippen MR) is 487 cm³/mol. The van der Waals surface area contributed by atoms with E-state index in [1.54, 1.807) is 0 Å². The number of para-hydroxylation sites is 5. The molecule has 0 aliphatic carbocycles. The fraction of sp³-hybridized carbons (Fsp3) is 0.111. The lowest BCUT2D eigenvalue weighted by molar-refractivity contribution is 0.590. The summed E-state index contributed by atoms with van der Waals surface area (Å²) < 4.78 is 77.7. The molecule has 0 saturated carbocycles. The summed E-state index contributed by atoms with van der Waals surface area (Å²) in [6, 6.07) is 108. The Hall–Kier alpha value is -13.4. The number of fused-ring (bicyclic) bond motifs is 18. The van der Waals surface area contributed by atoms with Gasteiger partial charge in [-0.2, -0.15) is 0 Å². The standard InChI is InChI=1S/C108H84BN5/c1-106(2,3)73-42-32-41-71(59-73)72-53-57-88-96(60-72)113(101-84(67-33-14-10-15-34-67)61-74(107(4,5)6)62-85(101)68-35-16-11-17-36-68)104-98-82-46-25-30-51-93(82)112-94-52-31-26-47-83(94)99(103(98)112)105-100(104)109(88)89-58-55-77(66-97(89)114(105)102-86(69-37-18-12-19-38-69)63-75(108(7,8)9)64-87(102)70-39-20-13-21-40-70)111-92-50-29-24-45-80(92)81-56-54-76(65-95(81)111)110-90-48-27-22-43-78(90)79-44-23-28-49-91(79)110/h10-66H,1-9H3/i24D,29D,45D,50D,54D,56D,65D. The summed E-state index contributed by atoms with van der Waals surface area (Å²) >= 11 is 0. The minimum Gasteiger partial charge on any atom is -0.309 e. The fourth-order valence-electron chi connectivity index (χ4n) is 19.0. The van der Waals surface area contributed by atoms with Gasteiger partial charge in [0.25, 0.3) is 6.71 Å². The summed E-state index contributed by atoms with van der Waals surface area (Å²) in [6.07, 6.45) is 0. The van der Waals surface area contributed by atoms with Crippen molar-refractivity contribution in [3.8, 4) is 67.0 Å². The number of nitrogens with zero attached hydrogens (tertiary/aromatic N) is 5. The van der Waals surface area contributed by atoms with E-state index in [2.05, 4.69) is 331 Å². The number of anilines is 6. The lowest BCUT2D eigenvalue weighted by Crippen LogP contribution is -2.61. The van der Waals surface area contributed by atoms with Crippen molar-refractivity contribution in [2.45, 2.75) is 78.6 Å². The number of aromatic nitrogens is 3. The van der Waals surface area contributed by atoms with Gasteiger partial charge in [0.15, 0.2) is 0 Å². The van der Waals surface area contributed by atoms with Crippen molar-refractivity contribution < 1.29 is 9.60 Å². The molecule has 0 atom stereocenters. The van der Waals surface area contributed by atoms with Gasteiger partial charge < -0.3 is 23.3 Å². The molecule has 0 unspecified atom stereocenters. The van der Waals surface area contributed by atoms with Gasteiger partial charge in [-0.25, -0.2) is 0 Å². The summed E-state index contributed by atoms with van der Waals surface area (Å²) in [5.41, 5.74) is 27.5. The zero-order valence-corrected chi connectivity index (χ0v) is 65.2. The highest BCUT2D eigenvalue weighted by molar-refractivity contribution is 7.01. The molecule has 0 spiro atoms. The van der Waals surface area contributed by atoms with Gasteiger partial charge in [-0.15, -0.1) is 0 Å². The van der Waals surface area contributed by atoms with Crippen LogP contribution >= 0.6 is 0 Å². The molecule has 22 rings (SSSR count). The van der Waals surface area contributed by atoms with Crippen LogP contribution < -0.4 is 26.2 Å². The van der Waals surface area contributed by atoms with Crippen molar-refractivity contribution in [1.29, 1.82) is 0 Å². The van der Waals surface area contributed by atoms with Crippen molar-refractivity contribution in [2.24, 2.45) is 0 Å². The first-order chi connectivity index (χ1) is 58.4. The predicted octanol–water partition coefficient (Wildman–Crippen LogP) is 27.3. The van der Waals surface area contributed by atoms with E-state index in [0.717, 1.165) is 172 Å². The molecule has 4 aromatic heterocycles. The lowest BCUT2D eigenvalue weighted by Gasteiger charge is -2.46. The number of rotatable bonds is 9. The molecular weight excluding hydrogens is 1380 g/mol. The van der Waals surface area contributed by atoms with Crippen molar-refractivity contribution in [3.05, 3.63) is 362 Å². The van der Waals surface area contributed by atoms with Gasteiger partial charge in [-0.05, 0) is 168 Å². The molecule has 0 bridgehead atoms. The van der Waals surface area contributed by atoms with Crippen LogP contribution in [0.2, 0.25) is 0 Å². The van der Waals surface area contributed by atoms with Gasteiger partial charge in [0.2, 0.25) is 0 Å². The van der Waals surface area contributed by atoms with E-state index < -0.39 is 18.8 Å². The van der Waals surface area contributed by atoms with Crippen LogP contribution in [-0.4, -0.2) is 20.2 Å². The maximum atomic E-state index is 11.1. The van der Waals surface area contributed by atoms with Crippen LogP contribution in [0.25, 0.3) is 149 Å². The third kappa shape index (κ3) is 10.1. The van der Waals surface area contributed by atoms with Crippen molar-refractivity contribution >= 4 is 139 Å². The van der Waals surface area contributed by atoms with E-state index in [4.69, 9.17) is 0 Å². The van der Waals surface area contributed by atoms with Gasteiger partial charge in [-0.1, -0.05) is 323 Å². The maximum Gasteiger partial charge on any atom is 0.252 e. The highest BCUT2D eigenvalue weighted by Gasteiger charge is 2.49. The van der Waals surface area contributed by atoms with Crippen LogP contribution in [0.4, 0.5) is 34.1 Å². The quantitative estimate of drug-likeness (QED) is 0.134. The lowest BCUT2D eigenvalue weighted by atomic mass is 9.33. The highest BCUT2D eigenvalue weighted by atomic mass is 15.2. The highest BCUT2D eigenvalue weighted by Crippen LogP contribution is 2.60. The average Bonchev–Trinajstić information content (AvgIpc) is 1.55. The largest absolute Gasteiger partial charge is 0.309 e. The average molecular weight is 1470 g/mol. The Morgan fingerprint density at radius 3 is 1.18 bits per heavy atom. The summed E-state index contributed by atoms with van der Waals surface area (Å²) in [5.74, 6) is 0. The molecular formula is C108H84BN5. The molecule has 114 heavy (non-hydrogen) atoms. The normalized spacial score (nSPS) is 13.9. The molecule has 6 heteroatoms. The molecule has 0 saturated heterocycles. The zero-order valence-electron chi connectivity index (χ0n) is 72.2. The van der Waals surface area contributed by atoms with E-state index in [-0.39, 0.29) is 74.0 Å². The van der Waals surface area contributed by atoms with Crippen LogP contribution in [0.3, 0.4) is 0 Å². The first-order valence-corrected chi connectivity index (χ1v) is 39.8. The third-order valence-corrected chi connectivity index (χ3v) is 24.4. The summed E-state index contributed by atoms with van der Waals surface area (Å²) in [6.45, 7) is 20.1. The molecule has 0 fully saturated rings. The van der Waals surface area contributed by atoms with Crippen LogP contribution in [0.15, 0.2) is 346 Å². The van der Waals surface area contributed by atoms with Crippen molar-refractivity contribution in [2.75, 3.05) is 9.80 Å². The number of hydrogen-bond donors (Lipinski definition) is 0. The fourth-order valence-corrected chi connectivity index (χ4v) is 19.0. The van der Waals surface area contributed by atoms with Crippen LogP contribution in [0.5, 0.6) is 0 Å². The van der Waals surface area contributed by atoms with E-state index >= 15 is 0 Å². The molecule has 2 aliphatic rings. The second-order valence-electron chi connectivity index (χ2n) is 34.2. The van der Waals surface area contributed by atoms with Gasteiger partial charge in [0.05, 0.1) is 71.0 Å². The Morgan fingerprint density at radius 1 is 0.281 bits per heavy atom. The van der Waals surface area contributed by atoms with Crippen molar-refractivity contribution in [3.63, 3.8) is 0 Å². The molecule has 0 amide bonds. The second kappa shape index (κ2) is 25.0. The van der Waals surface area contributed by atoms with Gasteiger partial charge >= 0.3 is 0 Å². The Morgan fingerprint density at radius 2 is 0.684 bits per heavy atom. The Bertz CT molecular complexity index is 7630. The van der Waals surface area contributed by atoms with E-state index in [1.807, 2.05) is 57.7 Å². The van der Waals surface area contributed by atoms with Gasteiger partial charge in [0, 0.05) is 88.1 Å². The van der Waals surface area contributed by atoms with E-state index in [0.29, 0.717) is 5.69 Å². The van der Waals surface area contributed by atoms with Gasteiger partial charge in [0.1, 0.15) is 0 Å². The molecule has 6 heterocycles. The summed E-state index contributed by atoms with van der Waals surface area (Å²) in [7, 11) is 0. The second-order valence-corrected chi connectivity index (χ2v) is 34.2. The third-order valence-electron chi connectivity index (χ3n) is 24.4. The molecule has 544 valence electrons. The SMILES string of the molecule is [2H]c1c([2H])c([2H])c2c(c1[2H])c1c([2H])c([2H])c(-n3c4ccccc4c4ccccc43)c([2H])c1n2-c1ccc2c(c1)N(c1c(-c3ccccc3)cc(C(C)(C)C)cc1-c1ccccc1)c1c3c(c4c5ccccc5n5c6ccccc6c1c45)N(c1c(-c4ccccc4)cc(C(C)(C)C)cc1-c1ccccc1)c1cc(-c4cccc(C(C)(C)C)c4)ccc1B23. The van der Waals surface area contributed by atoms with E-state index in [1.165, 1.54) is 11.1 Å². The Balaban J connectivity index is 0.983. The van der Waals surface area contributed by atoms with Gasteiger partial charge in [-0.3, -0.25) is 0 Å². The summed E-state index contributed by atoms with van der Waals surface area (Å²) in [5, 5.41) is 6.29.